The summed E-state index contributed by atoms with van der Waals surface area (Å²) in [6.45, 7) is 0.114. The number of carbonyl (C=O) groups excluding carboxylic acids is 2. The van der Waals surface area contributed by atoms with E-state index >= 15 is 0 Å². The molecule has 2 amide bonds. The summed E-state index contributed by atoms with van der Waals surface area (Å²) in [6.07, 6.45) is 5.42. The number of quaternary nitrogens is 1. The number of fused-ring (bicyclic) bond motifs is 1. The van der Waals surface area contributed by atoms with Crippen LogP contribution in [0, 0.1) is 12.5 Å². The van der Waals surface area contributed by atoms with E-state index in [-0.39, 0.29) is 25.4 Å². The first-order chi connectivity index (χ1) is 13.8. The third-order valence-electron chi connectivity index (χ3n) is 5.20. The molecule has 0 radical (unpaired) electrons. The maximum Gasteiger partial charge on any atom is 0.351 e. The van der Waals surface area contributed by atoms with Gasteiger partial charge < -0.3 is 15.7 Å². The molecule has 0 bridgehead atoms. The van der Waals surface area contributed by atoms with Crippen LogP contribution in [0.15, 0.2) is 42.5 Å². The van der Waals surface area contributed by atoms with Gasteiger partial charge in [0.2, 0.25) is 0 Å². The van der Waals surface area contributed by atoms with Crippen molar-refractivity contribution in [2.45, 2.75) is 13.0 Å². The van der Waals surface area contributed by atoms with Crippen LogP contribution in [0.5, 0.6) is 0 Å². The summed E-state index contributed by atoms with van der Waals surface area (Å²) in [5, 5.41) is 8.98. The number of likely N-dealkylation sites (N-methyl/N-ethyl adjacent to an activating group) is 1. The fraction of sp³-hybridized carbons (Fsp3) is 0.227. The Morgan fingerprint density at radius 1 is 1.21 bits per heavy atom. The predicted molar refractivity (Wildman–Crippen MR) is 109 cm³/mol. The first-order valence-corrected chi connectivity index (χ1v) is 9.13. The van der Waals surface area contributed by atoms with E-state index in [9.17, 15) is 14.4 Å². The molecular weight excluding hydrogens is 370 g/mol. The summed E-state index contributed by atoms with van der Waals surface area (Å²) in [7, 11) is 1.56. The second-order valence-electron chi connectivity index (χ2n) is 7.03. The maximum absolute atomic E-state index is 13.2. The molecule has 1 heterocycles. The van der Waals surface area contributed by atoms with Crippen molar-refractivity contribution >= 4 is 23.5 Å². The van der Waals surface area contributed by atoms with Gasteiger partial charge in [0.05, 0.1) is 13.5 Å². The van der Waals surface area contributed by atoms with Gasteiger partial charge in [-0.2, -0.15) is 4.48 Å². The van der Waals surface area contributed by atoms with Crippen LogP contribution in [0.2, 0.25) is 0 Å². The Kier molecular flexibility index (Phi) is 5.50. The van der Waals surface area contributed by atoms with E-state index in [1.54, 1.807) is 19.2 Å². The molecule has 3 rings (SSSR count). The van der Waals surface area contributed by atoms with Crippen LogP contribution >= 0.6 is 0 Å². The van der Waals surface area contributed by atoms with Crippen LogP contribution in [-0.4, -0.2) is 47.9 Å². The highest BCUT2D eigenvalue weighted by Gasteiger charge is 2.43. The standard InChI is InChI=1S/C22H21N3O4/c1-3-25(2)19-9-8-17(16-6-4-15(13-23)5-7-16)12-18(19)22(29)24(14-20(25)26)11-10-21(27)28/h1,4-9,12H,10-11,13-14,23H2,2H3/p+1. The number of hydrogen-bond donors (Lipinski definition) is 2. The number of nitrogens with zero attached hydrogens (tertiary/aromatic N) is 2. The minimum Gasteiger partial charge on any atom is -0.481 e. The maximum atomic E-state index is 13.2. The number of carbonyl (C=O) groups is 3. The van der Waals surface area contributed by atoms with Crippen molar-refractivity contribution in [2.75, 3.05) is 20.1 Å². The summed E-state index contributed by atoms with van der Waals surface area (Å²) in [5.74, 6) is -1.82. The van der Waals surface area contributed by atoms with Crippen LogP contribution in [0.1, 0.15) is 22.3 Å². The Morgan fingerprint density at radius 3 is 2.45 bits per heavy atom. The Balaban J connectivity index is 2.11. The lowest BCUT2D eigenvalue weighted by molar-refractivity contribution is -0.137. The van der Waals surface area contributed by atoms with E-state index in [0.29, 0.717) is 17.8 Å². The fourth-order valence-corrected chi connectivity index (χ4v) is 3.34. The topological polar surface area (TPSA) is 101 Å². The lowest BCUT2D eigenvalue weighted by Crippen LogP contribution is -2.49. The monoisotopic (exact) mass is 392 g/mol. The average Bonchev–Trinajstić information content (AvgIpc) is 2.81. The number of terminal acetylenes is 1. The van der Waals surface area contributed by atoms with Gasteiger partial charge in [-0.3, -0.25) is 9.59 Å². The number of hydrogen-bond acceptors (Lipinski definition) is 4. The van der Waals surface area contributed by atoms with Gasteiger partial charge in [0.25, 0.3) is 5.91 Å². The van der Waals surface area contributed by atoms with Crippen molar-refractivity contribution in [3.8, 4) is 23.6 Å². The van der Waals surface area contributed by atoms with Crippen LogP contribution < -0.4 is 10.2 Å². The molecule has 1 atom stereocenters. The zero-order chi connectivity index (χ0) is 21.2. The second kappa shape index (κ2) is 7.87. The summed E-state index contributed by atoms with van der Waals surface area (Å²) in [5.41, 5.74) is 9.01. The summed E-state index contributed by atoms with van der Waals surface area (Å²) >= 11 is 0. The zero-order valence-electron chi connectivity index (χ0n) is 16.1. The van der Waals surface area contributed by atoms with E-state index in [4.69, 9.17) is 17.3 Å². The molecule has 0 aromatic heterocycles. The smallest absolute Gasteiger partial charge is 0.351 e. The van der Waals surface area contributed by atoms with Gasteiger partial charge >= 0.3 is 11.9 Å². The van der Waals surface area contributed by atoms with E-state index < -0.39 is 16.4 Å². The average molecular weight is 392 g/mol. The van der Waals surface area contributed by atoms with Gasteiger partial charge in [-0.25, -0.2) is 4.79 Å². The Morgan fingerprint density at radius 2 is 1.86 bits per heavy atom. The number of benzene rings is 2. The minimum atomic E-state index is -1.04. The van der Waals surface area contributed by atoms with Gasteiger partial charge in [-0.1, -0.05) is 30.7 Å². The lowest BCUT2D eigenvalue weighted by Gasteiger charge is -2.23. The highest BCUT2D eigenvalue weighted by molar-refractivity contribution is 6.09. The number of aliphatic carboxylic acids is 1. The van der Waals surface area contributed by atoms with Gasteiger partial charge in [-0.15, -0.1) is 0 Å². The minimum absolute atomic E-state index is 0.0701. The van der Waals surface area contributed by atoms with Crippen molar-refractivity contribution in [1.29, 1.82) is 0 Å². The first-order valence-electron chi connectivity index (χ1n) is 9.13. The first kappa shape index (κ1) is 20.3. The number of rotatable bonds is 5. The van der Waals surface area contributed by atoms with Crippen LogP contribution in [0.3, 0.4) is 0 Å². The molecule has 0 saturated heterocycles. The molecule has 1 aliphatic rings. The molecule has 148 valence electrons. The fourth-order valence-electron chi connectivity index (χ4n) is 3.34. The van der Waals surface area contributed by atoms with Crippen LogP contribution in [-0.2, 0) is 16.1 Å². The molecule has 0 spiro atoms. The highest BCUT2D eigenvalue weighted by atomic mass is 16.4. The van der Waals surface area contributed by atoms with E-state index in [2.05, 4.69) is 6.04 Å². The van der Waals surface area contributed by atoms with Crippen LogP contribution in [0.4, 0.5) is 5.69 Å². The molecule has 29 heavy (non-hydrogen) atoms. The van der Waals surface area contributed by atoms with E-state index in [0.717, 1.165) is 16.7 Å². The SMILES string of the molecule is C#C[N+]1(C)C(=O)CN(CCC(=O)O)C(=O)c2cc(-c3ccc(CN)cc3)ccc21. The summed E-state index contributed by atoms with van der Waals surface area (Å²) < 4.78 is -0.475. The molecule has 1 aliphatic heterocycles. The highest BCUT2D eigenvalue weighted by Crippen LogP contribution is 2.34. The molecule has 2 aromatic rings. The number of amides is 2. The lowest BCUT2D eigenvalue weighted by atomic mass is 9.99. The van der Waals surface area contributed by atoms with E-state index in [1.165, 1.54) is 4.90 Å². The van der Waals surface area contributed by atoms with Crippen molar-refractivity contribution in [1.82, 2.24) is 9.38 Å². The molecule has 3 N–H and O–H groups in total. The Bertz CT molecular complexity index is 1020. The number of nitrogens with two attached hydrogens (primary N) is 1. The Labute approximate surface area is 168 Å². The zero-order valence-corrected chi connectivity index (χ0v) is 16.1. The molecule has 0 saturated carbocycles. The van der Waals surface area contributed by atoms with Gasteiger partial charge in [0, 0.05) is 19.2 Å². The quantitative estimate of drug-likeness (QED) is 0.597. The summed E-state index contributed by atoms with van der Waals surface area (Å²) in [6, 6.07) is 15.3. The van der Waals surface area contributed by atoms with E-state index in [1.807, 2.05) is 30.3 Å². The van der Waals surface area contributed by atoms with Crippen molar-refractivity contribution in [3.63, 3.8) is 0 Å². The normalized spacial score (nSPS) is 18.7. The largest absolute Gasteiger partial charge is 0.481 e. The third kappa shape index (κ3) is 3.76. The van der Waals surface area contributed by atoms with Crippen molar-refractivity contribution in [3.05, 3.63) is 53.6 Å². The number of carboxylic acid groups (broad SMARTS) is 1. The molecule has 2 aromatic carbocycles. The van der Waals surface area contributed by atoms with Crippen molar-refractivity contribution in [2.24, 2.45) is 5.73 Å². The van der Waals surface area contributed by atoms with Gasteiger partial charge in [-0.05, 0) is 28.8 Å². The molecule has 1 unspecified atom stereocenters. The molecule has 0 aliphatic carbocycles. The molecule has 7 heteroatoms. The van der Waals surface area contributed by atoms with Crippen LogP contribution in [0.25, 0.3) is 11.1 Å². The predicted octanol–water partition coefficient (Wildman–Crippen LogP) is 1.80. The van der Waals surface area contributed by atoms with Crippen molar-refractivity contribution < 1.29 is 19.5 Å². The molecule has 7 nitrogen and oxygen atoms in total. The molecule has 0 fully saturated rings. The Hall–Kier alpha value is -3.47. The summed E-state index contributed by atoms with van der Waals surface area (Å²) in [4.78, 5) is 38.2. The van der Waals surface area contributed by atoms with Gasteiger partial charge in [0.15, 0.2) is 5.69 Å². The van der Waals surface area contributed by atoms with Gasteiger partial charge in [0.1, 0.15) is 18.2 Å². The number of carboxylic acids is 1. The molecular formula is C22H22N3O4+. The second-order valence-corrected chi connectivity index (χ2v) is 7.03. The third-order valence-corrected chi connectivity index (χ3v) is 5.20.